The van der Waals surface area contributed by atoms with Gasteiger partial charge in [-0.1, -0.05) is 30.3 Å². The van der Waals surface area contributed by atoms with Gasteiger partial charge < -0.3 is 0 Å². The van der Waals surface area contributed by atoms with Gasteiger partial charge in [0.2, 0.25) is 0 Å². The van der Waals surface area contributed by atoms with Crippen molar-refractivity contribution in [2.75, 3.05) is 5.01 Å². The van der Waals surface area contributed by atoms with Crippen molar-refractivity contribution in [2.45, 2.75) is 6.92 Å². The summed E-state index contributed by atoms with van der Waals surface area (Å²) in [7, 11) is 0. The monoisotopic (exact) mass is 304 g/mol. The van der Waals surface area contributed by atoms with Crippen molar-refractivity contribution in [1.29, 1.82) is 0 Å². The number of rotatable bonds is 3. The Morgan fingerprint density at radius 1 is 1.11 bits per heavy atom. The summed E-state index contributed by atoms with van der Waals surface area (Å²) in [5, 5.41) is 1.46. The first-order valence-electron chi connectivity index (χ1n) is 5.55. The van der Waals surface area contributed by atoms with Gasteiger partial charge >= 0.3 is 0 Å². The van der Waals surface area contributed by atoms with Crippen LogP contribution < -0.4 is 9.46 Å². The van der Waals surface area contributed by atoms with Crippen molar-refractivity contribution in [1.82, 2.24) is 4.45 Å². The van der Waals surface area contributed by atoms with Gasteiger partial charge in [-0.2, -0.15) is 4.45 Å². The van der Waals surface area contributed by atoms with E-state index in [0.29, 0.717) is 5.56 Å². The molecule has 0 heterocycles. The molecule has 0 aliphatic rings. The normalized spacial score (nSPS) is 10.1. The highest BCUT2D eigenvalue weighted by Crippen LogP contribution is 2.17. The highest BCUT2D eigenvalue weighted by molar-refractivity contribution is 9.08. The van der Waals surface area contributed by atoms with Gasteiger partial charge in [0.25, 0.3) is 5.91 Å². The van der Waals surface area contributed by atoms with Crippen LogP contribution in [0.5, 0.6) is 0 Å². The zero-order valence-corrected chi connectivity index (χ0v) is 11.5. The Labute approximate surface area is 115 Å². The Balaban J connectivity index is 2.32. The lowest BCUT2D eigenvalue weighted by Crippen LogP contribution is -2.37. The third-order valence-electron chi connectivity index (χ3n) is 2.57. The number of halogens is 1. The number of hydrazine groups is 1. The molecule has 1 N–H and O–H groups in total. The van der Waals surface area contributed by atoms with E-state index in [2.05, 4.69) is 20.6 Å². The smallest absolute Gasteiger partial charge is 0.267 e. The molecule has 0 fully saturated rings. The lowest BCUT2D eigenvalue weighted by Gasteiger charge is -2.20. The van der Waals surface area contributed by atoms with Gasteiger partial charge in [0.1, 0.15) is 0 Å². The first-order valence-corrected chi connectivity index (χ1v) is 6.34. The maximum Gasteiger partial charge on any atom is 0.273 e. The number of aryl methyl sites for hydroxylation is 1. The quantitative estimate of drug-likeness (QED) is 0.696. The summed E-state index contributed by atoms with van der Waals surface area (Å²) in [5.41, 5.74) is 2.52. The molecule has 0 saturated heterocycles. The molecule has 3 nitrogen and oxygen atoms in total. The molecule has 18 heavy (non-hydrogen) atoms. The molecule has 0 aromatic heterocycles. The summed E-state index contributed by atoms with van der Waals surface area (Å²) in [4.78, 5) is 12.3. The van der Waals surface area contributed by atoms with E-state index >= 15 is 0 Å². The Morgan fingerprint density at radius 2 is 1.83 bits per heavy atom. The van der Waals surface area contributed by atoms with E-state index in [4.69, 9.17) is 0 Å². The van der Waals surface area contributed by atoms with E-state index in [0.717, 1.165) is 11.3 Å². The van der Waals surface area contributed by atoms with Crippen LogP contribution in [0, 0.1) is 6.92 Å². The second-order valence-electron chi connectivity index (χ2n) is 3.93. The summed E-state index contributed by atoms with van der Waals surface area (Å²) < 4.78 is 2.74. The van der Waals surface area contributed by atoms with Gasteiger partial charge in [-0.15, -0.1) is 0 Å². The molecule has 92 valence electrons. The Kier molecular flexibility index (Phi) is 4.12. The average molecular weight is 305 g/mol. The number of hydrogen-bond acceptors (Lipinski definition) is 2. The fraction of sp³-hybridized carbons (Fsp3) is 0.0714. The molecule has 0 unspecified atom stereocenters. The lowest BCUT2D eigenvalue weighted by molar-refractivity contribution is 0.0983. The minimum atomic E-state index is -0.113. The molecule has 0 radical (unpaired) electrons. The van der Waals surface area contributed by atoms with Crippen LogP contribution in [0.4, 0.5) is 5.69 Å². The minimum Gasteiger partial charge on any atom is -0.267 e. The number of anilines is 1. The van der Waals surface area contributed by atoms with Crippen LogP contribution in [0.15, 0.2) is 54.6 Å². The fourth-order valence-electron chi connectivity index (χ4n) is 1.68. The van der Waals surface area contributed by atoms with Crippen molar-refractivity contribution >= 4 is 27.7 Å². The predicted octanol–water partition coefficient (Wildman–Crippen LogP) is 3.46. The summed E-state index contributed by atoms with van der Waals surface area (Å²) in [6.07, 6.45) is 0. The van der Waals surface area contributed by atoms with Crippen LogP contribution in [0.1, 0.15) is 15.9 Å². The van der Waals surface area contributed by atoms with Crippen LogP contribution in [-0.2, 0) is 0 Å². The molecule has 2 aromatic rings. The number of carbonyl (C=O) groups is 1. The van der Waals surface area contributed by atoms with Gasteiger partial charge in [0.05, 0.1) is 5.69 Å². The first-order chi connectivity index (χ1) is 8.72. The maximum absolute atomic E-state index is 12.3. The number of hydrogen-bond donors (Lipinski definition) is 1. The van der Waals surface area contributed by atoms with Gasteiger partial charge in [0.15, 0.2) is 0 Å². The second kappa shape index (κ2) is 5.80. The molecule has 0 aliphatic heterocycles. The molecule has 0 aliphatic carbocycles. The van der Waals surface area contributed by atoms with Crippen LogP contribution in [0.3, 0.4) is 0 Å². The van der Waals surface area contributed by atoms with Crippen LogP contribution in [0.25, 0.3) is 0 Å². The fourth-order valence-corrected chi connectivity index (χ4v) is 2.05. The van der Waals surface area contributed by atoms with E-state index in [9.17, 15) is 4.79 Å². The van der Waals surface area contributed by atoms with Gasteiger partial charge in [-0.25, -0.2) is 5.01 Å². The zero-order valence-electron chi connectivity index (χ0n) is 9.93. The number of benzene rings is 2. The molecule has 2 rings (SSSR count). The summed E-state index contributed by atoms with van der Waals surface area (Å²) in [5.74, 6) is -0.113. The van der Waals surface area contributed by atoms with E-state index in [1.165, 1.54) is 5.01 Å². The molecule has 4 heteroatoms. The molecule has 0 spiro atoms. The molecule has 1 amide bonds. The van der Waals surface area contributed by atoms with Crippen molar-refractivity contribution in [2.24, 2.45) is 0 Å². The number of amides is 1. The highest BCUT2D eigenvalue weighted by atomic mass is 79.9. The van der Waals surface area contributed by atoms with Crippen LogP contribution in [0.2, 0.25) is 0 Å². The minimum absolute atomic E-state index is 0.113. The van der Waals surface area contributed by atoms with Crippen molar-refractivity contribution < 1.29 is 4.79 Å². The maximum atomic E-state index is 12.3. The molecular weight excluding hydrogens is 292 g/mol. The third-order valence-corrected chi connectivity index (χ3v) is 2.92. The largest absolute Gasteiger partial charge is 0.273 e. The summed E-state index contributed by atoms with van der Waals surface area (Å²) in [6.45, 7) is 1.99. The standard InChI is InChI=1S/C14H13BrN2O/c1-11-6-5-9-13(10-11)17(16-15)14(18)12-7-3-2-4-8-12/h2-10,16H,1H3. The average Bonchev–Trinajstić information content (AvgIpc) is 2.40. The number of nitrogens with one attached hydrogen (secondary N) is 1. The first kappa shape index (κ1) is 12.8. The van der Waals surface area contributed by atoms with E-state index in [1.807, 2.05) is 49.4 Å². The number of nitrogens with zero attached hydrogens (tertiary/aromatic N) is 1. The lowest BCUT2D eigenvalue weighted by atomic mass is 10.2. The third kappa shape index (κ3) is 2.78. The van der Waals surface area contributed by atoms with Crippen LogP contribution in [-0.4, -0.2) is 5.91 Å². The highest BCUT2D eigenvalue weighted by Gasteiger charge is 2.16. The van der Waals surface area contributed by atoms with Crippen molar-refractivity contribution in [3.05, 3.63) is 65.7 Å². The zero-order chi connectivity index (χ0) is 13.0. The molecule has 0 saturated carbocycles. The Bertz CT molecular complexity index is 543. The van der Waals surface area contributed by atoms with Gasteiger partial charge in [0, 0.05) is 21.7 Å². The molecule has 0 bridgehead atoms. The molecular formula is C14H13BrN2O. The van der Waals surface area contributed by atoms with Gasteiger partial charge in [-0.3, -0.25) is 4.79 Å². The number of carbonyl (C=O) groups excluding carboxylic acids is 1. The van der Waals surface area contributed by atoms with Crippen molar-refractivity contribution in [3.63, 3.8) is 0 Å². The van der Waals surface area contributed by atoms with Crippen molar-refractivity contribution in [3.8, 4) is 0 Å². The Morgan fingerprint density at radius 3 is 2.44 bits per heavy atom. The molecule has 0 atom stereocenters. The van der Waals surface area contributed by atoms with E-state index < -0.39 is 0 Å². The predicted molar refractivity (Wildman–Crippen MR) is 76.5 cm³/mol. The summed E-state index contributed by atoms with van der Waals surface area (Å²) >= 11 is 3.13. The Hall–Kier alpha value is -1.65. The summed E-state index contributed by atoms with van der Waals surface area (Å²) in [6, 6.07) is 16.9. The topological polar surface area (TPSA) is 32.3 Å². The van der Waals surface area contributed by atoms with Gasteiger partial charge in [-0.05, 0) is 36.8 Å². The van der Waals surface area contributed by atoms with E-state index in [-0.39, 0.29) is 5.91 Å². The second-order valence-corrected chi connectivity index (χ2v) is 4.28. The SMILES string of the molecule is Cc1cccc(N(NBr)C(=O)c2ccccc2)c1. The van der Waals surface area contributed by atoms with E-state index in [1.54, 1.807) is 12.1 Å². The van der Waals surface area contributed by atoms with Crippen LogP contribution >= 0.6 is 16.1 Å². The molecule has 2 aromatic carbocycles.